The van der Waals surface area contributed by atoms with Gasteiger partial charge in [0.25, 0.3) is 0 Å². The second-order valence-corrected chi connectivity index (χ2v) is 4.05. The van der Waals surface area contributed by atoms with Crippen LogP contribution in [0.4, 0.5) is 11.5 Å². The molecule has 0 aliphatic rings. The summed E-state index contributed by atoms with van der Waals surface area (Å²) in [4.78, 5) is 10.7. The van der Waals surface area contributed by atoms with Gasteiger partial charge in [-0.1, -0.05) is 0 Å². The van der Waals surface area contributed by atoms with Crippen molar-refractivity contribution in [2.75, 3.05) is 11.9 Å². The van der Waals surface area contributed by atoms with Crippen LogP contribution in [-0.2, 0) is 13.1 Å². The van der Waals surface area contributed by atoms with E-state index in [1.165, 1.54) is 0 Å². The fourth-order valence-corrected chi connectivity index (χ4v) is 1.92. The Hall–Kier alpha value is -2.38. The van der Waals surface area contributed by atoms with Crippen LogP contribution >= 0.6 is 0 Å². The van der Waals surface area contributed by atoms with Crippen molar-refractivity contribution in [2.24, 2.45) is 0 Å². The molecule has 2 aromatic rings. The average molecular weight is 264 g/mol. The summed E-state index contributed by atoms with van der Waals surface area (Å²) >= 11 is 0. The molecule has 0 aromatic carbocycles. The second-order valence-electron chi connectivity index (χ2n) is 4.05. The van der Waals surface area contributed by atoms with Gasteiger partial charge in [-0.3, -0.25) is 14.8 Å². The lowest BCUT2D eigenvalue weighted by molar-refractivity contribution is -0.384. The minimum Gasteiger partial charge on any atom is -0.363 e. The molecule has 0 atom stereocenters. The first-order valence-electron chi connectivity index (χ1n) is 6.06. The highest BCUT2D eigenvalue weighted by atomic mass is 16.6. The zero-order chi connectivity index (χ0) is 13.8. The lowest BCUT2D eigenvalue weighted by Gasteiger charge is -2.07. The molecule has 0 fully saturated rings. The van der Waals surface area contributed by atoms with Gasteiger partial charge in [0.15, 0.2) is 0 Å². The van der Waals surface area contributed by atoms with E-state index < -0.39 is 4.92 Å². The first-order chi connectivity index (χ1) is 9.13. The van der Waals surface area contributed by atoms with Crippen molar-refractivity contribution in [2.45, 2.75) is 26.9 Å². The van der Waals surface area contributed by atoms with Crippen molar-refractivity contribution in [1.82, 2.24) is 19.6 Å². The third kappa shape index (κ3) is 2.72. The monoisotopic (exact) mass is 264 g/mol. The molecule has 2 aromatic heterocycles. The average Bonchev–Trinajstić information content (AvgIpc) is 2.97. The molecule has 8 heteroatoms. The summed E-state index contributed by atoms with van der Waals surface area (Å²) in [6, 6.07) is 1.84. The van der Waals surface area contributed by atoms with Gasteiger partial charge in [0.2, 0.25) is 5.82 Å². The van der Waals surface area contributed by atoms with Gasteiger partial charge in [-0.25, -0.2) is 4.68 Å². The summed E-state index contributed by atoms with van der Waals surface area (Å²) < 4.78 is 3.37. The highest BCUT2D eigenvalue weighted by Crippen LogP contribution is 2.27. The Morgan fingerprint density at radius 2 is 2.32 bits per heavy atom. The summed E-state index contributed by atoms with van der Waals surface area (Å²) in [6.07, 6.45) is 3.54. The number of rotatable bonds is 6. The normalized spacial score (nSPS) is 10.6. The number of anilines is 1. The summed E-state index contributed by atoms with van der Waals surface area (Å²) in [7, 11) is 0. The van der Waals surface area contributed by atoms with Crippen LogP contribution in [0.5, 0.6) is 0 Å². The molecule has 2 rings (SSSR count). The number of aryl methyl sites for hydroxylation is 2. The summed E-state index contributed by atoms with van der Waals surface area (Å²) in [5.41, 5.74) is 0.468. The third-order valence-electron chi connectivity index (χ3n) is 2.77. The number of hydrogen-bond acceptors (Lipinski definition) is 5. The highest BCUT2D eigenvalue weighted by Gasteiger charge is 2.24. The fraction of sp³-hybridized carbons (Fsp3) is 0.455. The molecule has 0 amide bonds. The van der Waals surface area contributed by atoms with Crippen LogP contribution in [0.1, 0.15) is 12.6 Å². The van der Waals surface area contributed by atoms with Gasteiger partial charge in [0.05, 0.1) is 11.5 Å². The molecule has 0 unspecified atom stereocenters. The zero-order valence-corrected chi connectivity index (χ0v) is 10.9. The largest absolute Gasteiger partial charge is 0.363 e. The van der Waals surface area contributed by atoms with E-state index in [-0.39, 0.29) is 5.69 Å². The van der Waals surface area contributed by atoms with Crippen molar-refractivity contribution in [1.29, 1.82) is 0 Å². The van der Waals surface area contributed by atoms with Crippen molar-refractivity contribution in [3.8, 4) is 0 Å². The van der Waals surface area contributed by atoms with E-state index in [4.69, 9.17) is 0 Å². The van der Waals surface area contributed by atoms with Crippen LogP contribution < -0.4 is 5.32 Å². The molecule has 0 aliphatic heterocycles. The first kappa shape index (κ1) is 13.1. The van der Waals surface area contributed by atoms with Gasteiger partial charge in [-0.15, -0.1) is 0 Å². The molecule has 102 valence electrons. The molecule has 19 heavy (non-hydrogen) atoms. The third-order valence-corrected chi connectivity index (χ3v) is 2.77. The molecule has 8 nitrogen and oxygen atoms in total. The lowest BCUT2D eigenvalue weighted by atomic mass is 10.4. The van der Waals surface area contributed by atoms with Crippen molar-refractivity contribution < 1.29 is 4.92 Å². The molecule has 2 heterocycles. The second kappa shape index (κ2) is 5.51. The highest BCUT2D eigenvalue weighted by molar-refractivity contribution is 5.59. The number of nitrogens with one attached hydrogen (secondary N) is 1. The molecule has 0 saturated carbocycles. The molecule has 0 aliphatic carbocycles. The summed E-state index contributed by atoms with van der Waals surface area (Å²) in [5.74, 6) is 0.456. The Kier molecular flexibility index (Phi) is 3.79. The molecule has 0 saturated heterocycles. The summed E-state index contributed by atoms with van der Waals surface area (Å²) in [5, 5.41) is 22.4. The maximum Gasteiger partial charge on any atom is 0.333 e. The predicted octanol–water partition coefficient (Wildman–Crippen LogP) is 1.43. The van der Waals surface area contributed by atoms with E-state index in [2.05, 4.69) is 15.5 Å². The van der Waals surface area contributed by atoms with Gasteiger partial charge in [0.1, 0.15) is 5.69 Å². The predicted molar refractivity (Wildman–Crippen MR) is 70.0 cm³/mol. The molecule has 0 radical (unpaired) electrons. The van der Waals surface area contributed by atoms with Crippen LogP contribution in [0.15, 0.2) is 18.5 Å². The molecule has 1 N–H and O–H groups in total. The quantitative estimate of drug-likeness (QED) is 0.629. The van der Waals surface area contributed by atoms with Gasteiger partial charge in [-0.2, -0.15) is 10.2 Å². The van der Waals surface area contributed by atoms with Crippen LogP contribution in [0.25, 0.3) is 0 Å². The van der Waals surface area contributed by atoms with Gasteiger partial charge in [0, 0.05) is 25.5 Å². The van der Waals surface area contributed by atoms with Crippen molar-refractivity contribution in [3.05, 3.63) is 34.3 Å². The standard InChI is InChI=1S/C11H16N6O2/c1-3-16-11(10(17(18)19)9(2)14-16)12-6-8-15-7-4-5-13-15/h4-5,7,12H,3,6,8H2,1-2H3. The Morgan fingerprint density at radius 3 is 2.89 bits per heavy atom. The Morgan fingerprint density at radius 1 is 1.53 bits per heavy atom. The number of nitrogens with zero attached hydrogens (tertiary/aromatic N) is 5. The van der Waals surface area contributed by atoms with Gasteiger partial charge in [-0.05, 0) is 19.9 Å². The van der Waals surface area contributed by atoms with Crippen molar-refractivity contribution >= 4 is 11.5 Å². The number of aromatic nitrogens is 4. The van der Waals surface area contributed by atoms with E-state index >= 15 is 0 Å². The Bertz CT molecular complexity index is 560. The molecular weight excluding hydrogens is 248 g/mol. The fourth-order valence-electron chi connectivity index (χ4n) is 1.92. The topological polar surface area (TPSA) is 90.8 Å². The smallest absolute Gasteiger partial charge is 0.333 e. The minimum atomic E-state index is -0.398. The summed E-state index contributed by atoms with van der Waals surface area (Å²) in [6.45, 7) is 5.31. The first-order valence-corrected chi connectivity index (χ1v) is 6.06. The minimum absolute atomic E-state index is 0.0438. The van der Waals surface area contributed by atoms with Crippen LogP contribution in [0.2, 0.25) is 0 Å². The van der Waals surface area contributed by atoms with E-state index in [0.29, 0.717) is 31.1 Å². The van der Waals surface area contributed by atoms with Crippen molar-refractivity contribution in [3.63, 3.8) is 0 Å². The Balaban J connectivity index is 2.12. The van der Waals surface area contributed by atoms with Gasteiger partial charge < -0.3 is 5.32 Å². The van der Waals surface area contributed by atoms with Gasteiger partial charge >= 0.3 is 5.69 Å². The van der Waals surface area contributed by atoms with Crippen LogP contribution in [-0.4, -0.2) is 31.0 Å². The SMILES string of the molecule is CCn1nc(C)c([N+](=O)[O-])c1NCCn1cccn1. The zero-order valence-electron chi connectivity index (χ0n) is 10.9. The van der Waals surface area contributed by atoms with E-state index in [1.807, 2.05) is 19.2 Å². The molecular formula is C11H16N6O2. The van der Waals surface area contributed by atoms with Crippen LogP contribution in [0, 0.1) is 17.0 Å². The van der Waals surface area contributed by atoms with Crippen LogP contribution in [0.3, 0.4) is 0 Å². The number of nitro groups is 1. The molecule has 0 bridgehead atoms. The maximum absolute atomic E-state index is 11.1. The van der Waals surface area contributed by atoms with E-state index in [0.717, 1.165) is 0 Å². The van der Waals surface area contributed by atoms with E-state index in [1.54, 1.807) is 22.5 Å². The lowest BCUT2D eigenvalue weighted by Crippen LogP contribution is -2.14. The molecule has 0 spiro atoms. The Labute approximate surface area is 110 Å². The maximum atomic E-state index is 11.1. The van der Waals surface area contributed by atoms with E-state index in [9.17, 15) is 10.1 Å². The number of hydrogen-bond donors (Lipinski definition) is 1.